The molecule has 0 saturated carbocycles. The van der Waals surface area contributed by atoms with E-state index in [0.717, 1.165) is 0 Å². The van der Waals surface area contributed by atoms with Gasteiger partial charge in [0, 0.05) is 7.11 Å². The molecule has 1 rings (SSSR count). The van der Waals surface area contributed by atoms with E-state index in [1.165, 1.54) is 44.9 Å². The predicted molar refractivity (Wildman–Crippen MR) is 61.4 cm³/mol. The minimum absolute atomic E-state index is 0.465. The average molecular weight is 194 g/mol. The summed E-state index contributed by atoms with van der Waals surface area (Å²) in [6.07, 6.45) is 18.1. The molecule has 1 aliphatic rings. The Labute approximate surface area is 87.8 Å². The molecule has 80 valence electrons. The van der Waals surface area contributed by atoms with Crippen LogP contribution in [-0.4, -0.2) is 13.2 Å². The maximum absolute atomic E-state index is 5.44. The summed E-state index contributed by atoms with van der Waals surface area (Å²) >= 11 is 0. The van der Waals surface area contributed by atoms with Crippen LogP contribution in [0, 0.1) is 0 Å². The summed E-state index contributed by atoms with van der Waals surface area (Å²) in [5.41, 5.74) is 0. The molecule has 1 unspecified atom stereocenters. The molecule has 0 spiro atoms. The number of rotatable bonds is 1. The molecule has 1 heteroatoms. The molecule has 0 fully saturated rings. The lowest BCUT2D eigenvalue weighted by molar-refractivity contribution is 0.0873. The third-order valence-corrected chi connectivity index (χ3v) is 2.72. The van der Waals surface area contributed by atoms with Crippen molar-refractivity contribution in [1.29, 1.82) is 0 Å². The molecule has 0 amide bonds. The van der Waals surface area contributed by atoms with E-state index in [4.69, 9.17) is 4.74 Å². The summed E-state index contributed by atoms with van der Waals surface area (Å²) in [6.45, 7) is 0. The van der Waals surface area contributed by atoms with Crippen molar-refractivity contribution in [1.82, 2.24) is 0 Å². The van der Waals surface area contributed by atoms with Crippen molar-refractivity contribution >= 4 is 0 Å². The van der Waals surface area contributed by atoms with Gasteiger partial charge in [-0.1, -0.05) is 24.3 Å². The van der Waals surface area contributed by atoms with E-state index in [1.807, 2.05) is 7.11 Å². The van der Waals surface area contributed by atoms with E-state index in [2.05, 4.69) is 24.3 Å². The van der Waals surface area contributed by atoms with E-state index in [9.17, 15) is 0 Å². The van der Waals surface area contributed by atoms with E-state index in [0.29, 0.717) is 6.10 Å². The maximum Gasteiger partial charge on any atom is 0.0574 e. The Bertz CT molecular complexity index is 182. The first kappa shape index (κ1) is 11.5. The van der Waals surface area contributed by atoms with Crippen LogP contribution in [0.2, 0.25) is 0 Å². The van der Waals surface area contributed by atoms with Crippen molar-refractivity contribution in [3.8, 4) is 0 Å². The SMILES string of the molecule is COC1CC/C=C/CC/C=C/CCC1. The van der Waals surface area contributed by atoms with Crippen LogP contribution in [0.15, 0.2) is 24.3 Å². The fraction of sp³-hybridized carbons (Fsp3) is 0.692. The van der Waals surface area contributed by atoms with Gasteiger partial charge >= 0.3 is 0 Å². The number of hydrogen-bond donors (Lipinski definition) is 0. The van der Waals surface area contributed by atoms with Crippen LogP contribution in [0.3, 0.4) is 0 Å². The minimum Gasteiger partial charge on any atom is -0.381 e. The largest absolute Gasteiger partial charge is 0.381 e. The third kappa shape index (κ3) is 5.23. The topological polar surface area (TPSA) is 9.23 Å². The second-order valence-corrected chi connectivity index (χ2v) is 3.89. The van der Waals surface area contributed by atoms with Gasteiger partial charge in [-0.3, -0.25) is 0 Å². The third-order valence-electron chi connectivity index (χ3n) is 2.72. The van der Waals surface area contributed by atoms with Crippen molar-refractivity contribution in [2.75, 3.05) is 7.11 Å². The molecule has 1 nitrogen and oxygen atoms in total. The van der Waals surface area contributed by atoms with Gasteiger partial charge in [0.2, 0.25) is 0 Å². The molecule has 0 bridgehead atoms. The second kappa shape index (κ2) is 7.81. The van der Waals surface area contributed by atoms with E-state index in [1.54, 1.807) is 0 Å². The van der Waals surface area contributed by atoms with Crippen LogP contribution < -0.4 is 0 Å². The van der Waals surface area contributed by atoms with Crippen LogP contribution in [0.4, 0.5) is 0 Å². The molecule has 14 heavy (non-hydrogen) atoms. The highest BCUT2D eigenvalue weighted by molar-refractivity contribution is 4.89. The second-order valence-electron chi connectivity index (χ2n) is 3.89. The zero-order valence-electron chi connectivity index (χ0n) is 9.24. The fourth-order valence-corrected chi connectivity index (χ4v) is 1.79. The predicted octanol–water partition coefficient (Wildman–Crippen LogP) is 3.86. The van der Waals surface area contributed by atoms with E-state index >= 15 is 0 Å². The number of ether oxygens (including phenoxy) is 1. The van der Waals surface area contributed by atoms with E-state index < -0.39 is 0 Å². The molecular weight excluding hydrogens is 172 g/mol. The van der Waals surface area contributed by atoms with Crippen molar-refractivity contribution in [3.63, 3.8) is 0 Å². The maximum atomic E-state index is 5.44. The van der Waals surface area contributed by atoms with Gasteiger partial charge in [-0.25, -0.2) is 0 Å². The van der Waals surface area contributed by atoms with Gasteiger partial charge < -0.3 is 4.74 Å². The molecule has 0 saturated heterocycles. The van der Waals surface area contributed by atoms with Gasteiger partial charge in [0.15, 0.2) is 0 Å². The Morgan fingerprint density at radius 3 is 2.21 bits per heavy atom. The van der Waals surface area contributed by atoms with Gasteiger partial charge in [0.05, 0.1) is 6.10 Å². The summed E-state index contributed by atoms with van der Waals surface area (Å²) in [4.78, 5) is 0. The number of methoxy groups -OCH3 is 1. The Balaban J connectivity index is 2.33. The van der Waals surface area contributed by atoms with Gasteiger partial charge in [-0.15, -0.1) is 0 Å². The molecule has 0 aromatic heterocycles. The van der Waals surface area contributed by atoms with Crippen LogP contribution in [-0.2, 0) is 4.74 Å². The Hall–Kier alpha value is -0.560. The Kier molecular flexibility index (Phi) is 6.42. The lowest BCUT2D eigenvalue weighted by Crippen LogP contribution is -2.09. The van der Waals surface area contributed by atoms with Crippen LogP contribution in [0.1, 0.15) is 44.9 Å². The highest BCUT2D eigenvalue weighted by Crippen LogP contribution is 2.12. The number of allylic oxidation sites excluding steroid dienone is 4. The zero-order valence-corrected chi connectivity index (χ0v) is 9.24. The van der Waals surface area contributed by atoms with Gasteiger partial charge in [0.1, 0.15) is 0 Å². The number of hydrogen-bond acceptors (Lipinski definition) is 1. The molecule has 1 aliphatic carbocycles. The summed E-state index contributed by atoms with van der Waals surface area (Å²) in [7, 11) is 1.83. The molecule has 1 atom stereocenters. The molecule has 0 aromatic rings. The molecule has 0 radical (unpaired) electrons. The van der Waals surface area contributed by atoms with Gasteiger partial charge in [-0.2, -0.15) is 0 Å². The Morgan fingerprint density at radius 1 is 0.857 bits per heavy atom. The fourth-order valence-electron chi connectivity index (χ4n) is 1.79. The standard InChI is InChI=1S/C13H22O/c1-14-13-11-9-7-5-3-2-4-6-8-10-12-13/h3,5-6,8,13H,2,4,7,9-12H2,1H3/b5-3+,8-6+. The summed E-state index contributed by atoms with van der Waals surface area (Å²) < 4.78 is 5.44. The summed E-state index contributed by atoms with van der Waals surface area (Å²) in [5.74, 6) is 0. The van der Waals surface area contributed by atoms with Crippen molar-refractivity contribution in [2.24, 2.45) is 0 Å². The molecule has 0 heterocycles. The zero-order chi connectivity index (χ0) is 10.1. The quantitative estimate of drug-likeness (QED) is 0.576. The highest BCUT2D eigenvalue weighted by atomic mass is 16.5. The Morgan fingerprint density at radius 2 is 1.50 bits per heavy atom. The molecular formula is C13H22O. The van der Waals surface area contributed by atoms with Gasteiger partial charge in [0.25, 0.3) is 0 Å². The minimum atomic E-state index is 0.465. The monoisotopic (exact) mass is 194 g/mol. The average Bonchev–Trinajstić information content (AvgIpc) is 2.19. The highest BCUT2D eigenvalue weighted by Gasteiger charge is 2.04. The van der Waals surface area contributed by atoms with Crippen molar-refractivity contribution in [2.45, 2.75) is 51.0 Å². The van der Waals surface area contributed by atoms with Gasteiger partial charge in [-0.05, 0) is 44.9 Å². The molecule has 0 N–H and O–H groups in total. The lowest BCUT2D eigenvalue weighted by Gasteiger charge is -2.13. The lowest BCUT2D eigenvalue weighted by atomic mass is 10.1. The first-order valence-electron chi connectivity index (χ1n) is 5.76. The first-order valence-corrected chi connectivity index (χ1v) is 5.76. The smallest absolute Gasteiger partial charge is 0.0574 e. The summed E-state index contributed by atoms with van der Waals surface area (Å²) in [5, 5.41) is 0. The first-order chi connectivity index (χ1) is 6.93. The normalized spacial score (nSPS) is 29.9. The van der Waals surface area contributed by atoms with Crippen LogP contribution in [0.5, 0.6) is 0 Å². The molecule has 0 aromatic carbocycles. The van der Waals surface area contributed by atoms with Crippen molar-refractivity contribution in [3.05, 3.63) is 24.3 Å². The summed E-state index contributed by atoms with van der Waals surface area (Å²) in [6, 6.07) is 0. The van der Waals surface area contributed by atoms with Crippen LogP contribution in [0.25, 0.3) is 0 Å². The van der Waals surface area contributed by atoms with Crippen LogP contribution >= 0.6 is 0 Å². The van der Waals surface area contributed by atoms with Crippen molar-refractivity contribution < 1.29 is 4.74 Å². The van der Waals surface area contributed by atoms with E-state index in [-0.39, 0.29) is 0 Å². The molecule has 0 aliphatic heterocycles.